The van der Waals surface area contributed by atoms with Gasteiger partial charge in [-0.3, -0.25) is 4.68 Å². The fourth-order valence-electron chi connectivity index (χ4n) is 1.95. The molecule has 1 unspecified atom stereocenters. The van der Waals surface area contributed by atoms with Crippen molar-refractivity contribution in [2.45, 2.75) is 25.9 Å². The molecule has 3 nitrogen and oxygen atoms in total. The zero-order chi connectivity index (χ0) is 14.2. The van der Waals surface area contributed by atoms with Crippen molar-refractivity contribution in [2.24, 2.45) is 5.73 Å². The molecule has 0 aliphatic carbocycles. The summed E-state index contributed by atoms with van der Waals surface area (Å²) in [5.41, 5.74) is 7.17. The number of nitrogens with zero attached hydrogens (tertiary/aromatic N) is 2. The molecule has 1 heterocycles. The molecule has 0 radical (unpaired) electrons. The molecule has 0 aliphatic rings. The van der Waals surface area contributed by atoms with Gasteiger partial charge in [0.25, 0.3) is 0 Å². The van der Waals surface area contributed by atoms with Gasteiger partial charge >= 0.3 is 0 Å². The molecule has 1 aromatic heterocycles. The quantitative estimate of drug-likeness (QED) is 0.910. The minimum Gasteiger partial charge on any atom is -0.319 e. The fraction of sp³-hybridized carbons (Fsp3) is 0.308. The van der Waals surface area contributed by atoms with Gasteiger partial charge in [-0.2, -0.15) is 5.10 Å². The summed E-state index contributed by atoms with van der Waals surface area (Å²) in [7, 11) is 0. The molecule has 0 fully saturated rings. The fourth-order valence-corrected chi connectivity index (χ4v) is 2.58. The van der Waals surface area contributed by atoms with Gasteiger partial charge in [0.15, 0.2) is 0 Å². The molecule has 2 N–H and O–H groups in total. The van der Waals surface area contributed by atoms with Crippen LogP contribution in [0.4, 0.5) is 4.39 Å². The molecule has 0 spiro atoms. The number of aromatic nitrogens is 2. The zero-order valence-electron chi connectivity index (χ0n) is 10.6. The summed E-state index contributed by atoms with van der Waals surface area (Å²) in [5.74, 6) is -0.358. The molecule has 0 saturated heterocycles. The van der Waals surface area contributed by atoms with Crippen molar-refractivity contribution in [1.29, 1.82) is 0 Å². The summed E-state index contributed by atoms with van der Waals surface area (Å²) in [6.07, 6.45) is 1.53. The van der Waals surface area contributed by atoms with Crippen molar-refractivity contribution in [3.63, 3.8) is 0 Å². The van der Waals surface area contributed by atoms with Gasteiger partial charge in [-0.05, 0) is 32.0 Å². The van der Waals surface area contributed by atoms with E-state index in [0.29, 0.717) is 16.3 Å². The molecule has 1 aromatic carbocycles. The number of hydrogen-bond donors (Lipinski definition) is 1. The number of benzene rings is 1. The highest BCUT2D eigenvalue weighted by molar-refractivity contribution is 9.10. The first kappa shape index (κ1) is 14.5. The second-order valence-corrected chi connectivity index (χ2v) is 5.88. The smallest absolute Gasteiger partial charge is 0.128 e. The van der Waals surface area contributed by atoms with Crippen molar-refractivity contribution >= 4 is 27.5 Å². The Balaban J connectivity index is 2.52. The van der Waals surface area contributed by atoms with Crippen LogP contribution in [0.1, 0.15) is 37.2 Å². The summed E-state index contributed by atoms with van der Waals surface area (Å²) in [6, 6.07) is 4.11. The van der Waals surface area contributed by atoms with Crippen LogP contribution in [0.2, 0.25) is 5.02 Å². The lowest BCUT2D eigenvalue weighted by Gasteiger charge is -2.18. The van der Waals surface area contributed by atoms with Crippen LogP contribution in [0.25, 0.3) is 0 Å². The minimum atomic E-state index is -0.658. The third-order valence-electron chi connectivity index (χ3n) is 2.86. The van der Waals surface area contributed by atoms with E-state index in [1.165, 1.54) is 12.3 Å². The third-order valence-corrected chi connectivity index (χ3v) is 3.65. The van der Waals surface area contributed by atoms with Crippen LogP contribution in [0, 0.1) is 5.82 Å². The Morgan fingerprint density at radius 3 is 2.74 bits per heavy atom. The van der Waals surface area contributed by atoms with Crippen LogP contribution in [0.15, 0.2) is 28.9 Å². The highest BCUT2D eigenvalue weighted by Crippen LogP contribution is 2.31. The van der Waals surface area contributed by atoms with Gasteiger partial charge in [0, 0.05) is 16.1 Å². The van der Waals surface area contributed by atoms with E-state index < -0.39 is 6.04 Å². The molecular formula is C13H14BrClFN3. The van der Waals surface area contributed by atoms with Crippen LogP contribution >= 0.6 is 27.5 Å². The molecule has 0 saturated carbocycles. The first-order valence-electron chi connectivity index (χ1n) is 5.85. The van der Waals surface area contributed by atoms with Gasteiger partial charge in [-0.1, -0.05) is 27.5 Å². The van der Waals surface area contributed by atoms with Gasteiger partial charge < -0.3 is 5.73 Å². The highest BCUT2D eigenvalue weighted by Gasteiger charge is 2.22. The largest absolute Gasteiger partial charge is 0.319 e. The van der Waals surface area contributed by atoms with E-state index in [-0.39, 0.29) is 11.9 Å². The molecule has 1 atom stereocenters. The molecule has 6 heteroatoms. The Morgan fingerprint density at radius 1 is 1.42 bits per heavy atom. The topological polar surface area (TPSA) is 43.8 Å². The number of hydrogen-bond acceptors (Lipinski definition) is 2. The monoisotopic (exact) mass is 345 g/mol. The second-order valence-electron chi connectivity index (χ2n) is 4.56. The number of rotatable bonds is 3. The molecule has 0 amide bonds. The van der Waals surface area contributed by atoms with E-state index in [9.17, 15) is 4.39 Å². The van der Waals surface area contributed by atoms with Crippen LogP contribution in [-0.2, 0) is 0 Å². The Bertz CT molecular complexity index is 598. The van der Waals surface area contributed by atoms with Gasteiger partial charge in [0.1, 0.15) is 5.82 Å². The summed E-state index contributed by atoms with van der Waals surface area (Å²) in [6.45, 7) is 3.94. The second kappa shape index (κ2) is 5.61. The Kier molecular flexibility index (Phi) is 4.28. The molecule has 0 aliphatic heterocycles. The van der Waals surface area contributed by atoms with E-state index in [1.54, 1.807) is 16.8 Å². The SMILES string of the molecule is CC(C)n1ncc(Cl)c1C(N)c1cc(Br)ccc1F. The van der Waals surface area contributed by atoms with Crippen molar-refractivity contribution in [2.75, 3.05) is 0 Å². The van der Waals surface area contributed by atoms with E-state index in [2.05, 4.69) is 21.0 Å². The van der Waals surface area contributed by atoms with Crippen LogP contribution in [0.3, 0.4) is 0 Å². The first-order valence-corrected chi connectivity index (χ1v) is 7.02. The summed E-state index contributed by atoms with van der Waals surface area (Å²) >= 11 is 9.44. The number of nitrogens with two attached hydrogens (primary N) is 1. The van der Waals surface area contributed by atoms with Crippen LogP contribution in [-0.4, -0.2) is 9.78 Å². The lowest BCUT2D eigenvalue weighted by molar-refractivity contribution is 0.494. The average Bonchev–Trinajstić information content (AvgIpc) is 2.73. The lowest BCUT2D eigenvalue weighted by Crippen LogP contribution is -2.20. The zero-order valence-corrected chi connectivity index (χ0v) is 12.9. The van der Waals surface area contributed by atoms with Gasteiger partial charge in [0.05, 0.1) is 23.0 Å². The Labute approximate surface area is 124 Å². The predicted octanol–water partition coefficient (Wildman–Crippen LogP) is 4.07. The van der Waals surface area contributed by atoms with Gasteiger partial charge in [-0.15, -0.1) is 0 Å². The molecule has 102 valence electrons. The summed E-state index contributed by atoms with van der Waals surface area (Å²) in [5, 5.41) is 4.63. The third kappa shape index (κ3) is 2.83. The molecule has 19 heavy (non-hydrogen) atoms. The van der Waals surface area contributed by atoms with Crippen molar-refractivity contribution in [3.8, 4) is 0 Å². The number of halogens is 3. The lowest BCUT2D eigenvalue weighted by atomic mass is 10.0. The molecule has 2 rings (SSSR count). The average molecular weight is 347 g/mol. The summed E-state index contributed by atoms with van der Waals surface area (Å²) < 4.78 is 16.4. The van der Waals surface area contributed by atoms with E-state index in [0.717, 1.165) is 4.47 Å². The summed E-state index contributed by atoms with van der Waals surface area (Å²) in [4.78, 5) is 0. The Hall–Kier alpha value is -0.910. The van der Waals surface area contributed by atoms with Crippen LogP contribution in [0.5, 0.6) is 0 Å². The maximum atomic E-state index is 13.9. The standard InChI is InChI=1S/C13H14BrClFN3/c1-7(2)19-13(10(15)6-18-19)12(17)9-5-8(14)3-4-11(9)16/h3-7,12H,17H2,1-2H3. The van der Waals surface area contributed by atoms with E-state index >= 15 is 0 Å². The maximum absolute atomic E-state index is 13.9. The molecule has 0 bridgehead atoms. The van der Waals surface area contributed by atoms with Crippen molar-refractivity contribution in [3.05, 3.63) is 51.0 Å². The van der Waals surface area contributed by atoms with Crippen LogP contribution < -0.4 is 5.73 Å². The van der Waals surface area contributed by atoms with E-state index in [1.807, 2.05) is 13.8 Å². The Morgan fingerprint density at radius 2 is 2.11 bits per heavy atom. The first-order chi connectivity index (χ1) is 8.91. The normalized spacial score (nSPS) is 13.0. The van der Waals surface area contributed by atoms with Gasteiger partial charge in [0.2, 0.25) is 0 Å². The molecular weight excluding hydrogens is 333 g/mol. The predicted molar refractivity (Wildman–Crippen MR) is 77.8 cm³/mol. The van der Waals surface area contributed by atoms with E-state index in [4.69, 9.17) is 17.3 Å². The minimum absolute atomic E-state index is 0.101. The molecule has 2 aromatic rings. The van der Waals surface area contributed by atoms with Gasteiger partial charge in [-0.25, -0.2) is 4.39 Å². The highest BCUT2D eigenvalue weighted by atomic mass is 79.9. The van der Waals surface area contributed by atoms with Crippen molar-refractivity contribution in [1.82, 2.24) is 9.78 Å². The maximum Gasteiger partial charge on any atom is 0.128 e. The van der Waals surface area contributed by atoms with Crippen molar-refractivity contribution < 1.29 is 4.39 Å².